The molecule has 0 bridgehead atoms. The Morgan fingerprint density at radius 2 is 2.00 bits per heavy atom. The average molecular weight is 499 g/mol. The molecule has 1 atom stereocenters. The molecular weight excluding hydrogens is 472 g/mol. The Labute approximate surface area is 205 Å². The zero-order valence-corrected chi connectivity index (χ0v) is 21.3. The number of carbonyl (C=O) groups excluding carboxylic acids is 1. The number of esters is 1. The van der Waals surface area contributed by atoms with Gasteiger partial charge in [0, 0.05) is 10.4 Å². The van der Waals surface area contributed by atoms with Crippen molar-refractivity contribution in [2.75, 3.05) is 20.3 Å². The van der Waals surface area contributed by atoms with Crippen molar-refractivity contribution in [3.05, 3.63) is 76.6 Å². The highest BCUT2D eigenvalue weighted by Gasteiger charge is 2.35. The predicted octanol–water partition coefficient (Wildman–Crippen LogP) is 3.58. The molecule has 178 valence electrons. The van der Waals surface area contributed by atoms with Gasteiger partial charge in [0.15, 0.2) is 16.3 Å². The highest BCUT2D eigenvalue weighted by molar-refractivity contribution is 7.11. The van der Waals surface area contributed by atoms with Crippen molar-refractivity contribution in [3.8, 4) is 11.5 Å². The van der Waals surface area contributed by atoms with E-state index in [0.717, 1.165) is 10.4 Å². The Balaban J connectivity index is 2.03. The van der Waals surface area contributed by atoms with Crippen LogP contribution in [0.15, 0.2) is 50.7 Å². The van der Waals surface area contributed by atoms with Gasteiger partial charge in [0.2, 0.25) is 0 Å². The van der Waals surface area contributed by atoms with E-state index in [1.807, 2.05) is 43.5 Å². The third-order valence-corrected chi connectivity index (χ3v) is 7.44. The molecule has 0 N–H and O–H groups in total. The summed E-state index contributed by atoms with van der Waals surface area (Å²) in [6, 6.07) is 6.71. The largest absolute Gasteiger partial charge is 0.493 e. The number of allylic oxidation sites excluding steroid dienone is 1. The molecule has 1 aliphatic rings. The monoisotopic (exact) mass is 498 g/mol. The van der Waals surface area contributed by atoms with E-state index in [2.05, 4.69) is 4.99 Å². The number of hydrogen-bond acceptors (Lipinski definition) is 8. The molecule has 0 aliphatic carbocycles. The summed E-state index contributed by atoms with van der Waals surface area (Å²) in [6.45, 7) is 8.00. The third-order valence-electron chi connectivity index (χ3n) is 5.49. The van der Waals surface area contributed by atoms with Crippen molar-refractivity contribution in [1.29, 1.82) is 0 Å². The van der Waals surface area contributed by atoms with Crippen LogP contribution in [0.4, 0.5) is 0 Å². The van der Waals surface area contributed by atoms with E-state index in [1.54, 1.807) is 42.9 Å². The summed E-state index contributed by atoms with van der Waals surface area (Å²) in [5.74, 6) is 0.494. The summed E-state index contributed by atoms with van der Waals surface area (Å²) < 4.78 is 19.0. The van der Waals surface area contributed by atoms with E-state index in [0.29, 0.717) is 44.3 Å². The van der Waals surface area contributed by atoms with E-state index < -0.39 is 12.0 Å². The second-order valence-electron chi connectivity index (χ2n) is 7.58. The van der Waals surface area contributed by atoms with Crippen LogP contribution < -0.4 is 24.4 Å². The van der Waals surface area contributed by atoms with Gasteiger partial charge < -0.3 is 14.2 Å². The number of carbonyl (C=O) groups is 1. The van der Waals surface area contributed by atoms with Gasteiger partial charge in [-0.15, -0.1) is 11.3 Å². The Morgan fingerprint density at radius 3 is 2.65 bits per heavy atom. The van der Waals surface area contributed by atoms with Crippen LogP contribution in [0, 0.1) is 6.92 Å². The summed E-state index contributed by atoms with van der Waals surface area (Å²) >= 11 is 2.88. The van der Waals surface area contributed by atoms with Crippen LogP contribution in [0.5, 0.6) is 11.5 Å². The molecule has 2 aromatic heterocycles. The Morgan fingerprint density at radius 1 is 1.21 bits per heavy atom. The number of benzene rings is 1. The first-order valence-corrected chi connectivity index (χ1v) is 12.6. The van der Waals surface area contributed by atoms with E-state index in [9.17, 15) is 9.59 Å². The molecule has 3 aromatic rings. The summed E-state index contributed by atoms with van der Waals surface area (Å²) in [4.78, 5) is 33.0. The molecule has 0 spiro atoms. The summed E-state index contributed by atoms with van der Waals surface area (Å²) in [5, 5.41) is 1.99. The van der Waals surface area contributed by atoms with E-state index in [-0.39, 0.29) is 12.2 Å². The summed E-state index contributed by atoms with van der Waals surface area (Å²) in [7, 11) is 1.56. The number of ether oxygens (including phenoxy) is 3. The normalized spacial score (nSPS) is 15.7. The number of rotatable bonds is 7. The van der Waals surface area contributed by atoms with Gasteiger partial charge in [-0.1, -0.05) is 23.5 Å². The first-order valence-electron chi connectivity index (χ1n) is 10.9. The van der Waals surface area contributed by atoms with Crippen molar-refractivity contribution in [3.63, 3.8) is 0 Å². The lowest BCUT2D eigenvalue weighted by Gasteiger charge is -2.26. The maximum absolute atomic E-state index is 13.7. The molecule has 34 heavy (non-hydrogen) atoms. The lowest BCUT2D eigenvalue weighted by molar-refractivity contribution is -0.139. The molecule has 0 saturated heterocycles. The first-order chi connectivity index (χ1) is 16.4. The van der Waals surface area contributed by atoms with Gasteiger partial charge in [-0.25, -0.2) is 9.79 Å². The smallest absolute Gasteiger partial charge is 0.338 e. The van der Waals surface area contributed by atoms with Gasteiger partial charge in [-0.2, -0.15) is 0 Å². The zero-order chi connectivity index (χ0) is 24.4. The number of thiophene rings is 1. The van der Waals surface area contributed by atoms with Gasteiger partial charge in [0.1, 0.15) is 6.04 Å². The minimum atomic E-state index is -0.765. The molecule has 0 radical (unpaired) electrons. The van der Waals surface area contributed by atoms with Gasteiger partial charge in [0.25, 0.3) is 5.56 Å². The SMILES string of the molecule is CCOC(=O)C1=C(C)N=c2sc(=Cc3sccc3C)c(=O)n2[C@@H]1c1cccc(OC)c1OCC. The molecule has 0 saturated carbocycles. The first kappa shape index (κ1) is 24.0. The van der Waals surface area contributed by atoms with Crippen LogP contribution in [-0.4, -0.2) is 30.9 Å². The second kappa shape index (κ2) is 9.99. The third kappa shape index (κ3) is 4.21. The van der Waals surface area contributed by atoms with Gasteiger partial charge in [0.05, 0.1) is 36.1 Å². The van der Waals surface area contributed by atoms with Crippen LogP contribution in [0.1, 0.15) is 42.8 Å². The summed E-state index contributed by atoms with van der Waals surface area (Å²) in [5.41, 5.74) is 2.33. The number of para-hydroxylation sites is 1. The fourth-order valence-corrected chi connectivity index (χ4v) is 5.91. The Bertz CT molecular complexity index is 1440. The highest BCUT2D eigenvalue weighted by atomic mass is 32.1. The second-order valence-corrected chi connectivity index (χ2v) is 9.54. The molecule has 3 heterocycles. The Kier molecular flexibility index (Phi) is 7.04. The molecule has 7 nitrogen and oxygen atoms in total. The summed E-state index contributed by atoms with van der Waals surface area (Å²) in [6.07, 6.45) is 1.89. The lowest BCUT2D eigenvalue weighted by atomic mass is 9.94. The minimum Gasteiger partial charge on any atom is -0.493 e. The number of methoxy groups -OCH3 is 1. The zero-order valence-electron chi connectivity index (χ0n) is 19.7. The fraction of sp³-hybridized carbons (Fsp3) is 0.320. The molecule has 4 rings (SSSR count). The number of fused-ring (bicyclic) bond motifs is 1. The Hall–Kier alpha value is -3.17. The van der Waals surface area contributed by atoms with Crippen LogP contribution in [0.2, 0.25) is 0 Å². The topological polar surface area (TPSA) is 79.1 Å². The molecule has 0 amide bonds. The van der Waals surface area contributed by atoms with Gasteiger partial charge >= 0.3 is 5.97 Å². The number of aryl methyl sites for hydroxylation is 1. The van der Waals surface area contributed by atoms with Crippen molar-refractivity contribution in [2.24, 2.45) is 4.99 Å². The number of hydrogen-bond donors (Lipinski definition) is 0. The van der Waals surface area contributed by atoms with Gasteiger partial charge in [-0.05, 0) is 56.8 Å². The standard InChI is InChI=1S/C25H26N2O5S2/c1-6-31-22-16(9-8-10-17(22)30-5)21-20(24(29)32-7-2)15(4)26-25-27(21)23(28)19(34-25)13-18-14(3)11-12-33-18/h8-13,21H,6-7H2,1-5H3/t21-/m1/s1. The quantitative estimate of drug-likeness (QED) is 0.466. The van der Waals surface area contributed by atoms with Crippen molar-refractivity contribution in [2.45, 2.75) is 33.7 Å². The van der Waals surface area contributed by atoms with E-state index in [4.69, 9.17) is 14.2 Å². The van der Waals surface area contributed by atoms with Crippen LogP contribution in [-0.2, 0) is 9.53 Å². The van der Waals surface area contributed by atoms with Gasteiger partial charge in [-0.3, -0.25) is 9.36 Å². The molecule has 1 aromatic carbocycles. The number of aromatic nitrogens is 1. The number of thiazole rings is 1. The van der Waals surface area contributed by atoms with Crippen LogP contribution in [0.3, 0.4) is 0 Å². The lowest BCUT2D eigenvalue weighted by Crippen LogP contribution is -2.40. The van der Waals surface area contributed by atoms with E-state index in [1.165, 1.54) is 11.3 Å². The molecule has 0 unspecified atom stereocenters. The molecule has 0 fully saturated rings. The van der Waals surface area contributed by atoms with Crippen LogP contribution in [0.25, 0.3) is 6.08 Å². The minimum absolute atomic E-state index is 0.209. The number of nitrogens with zero attached hydrogens (tertiary/aromatic N) is 2. The molecule has 9 heteroatoms. The van der Waals surface area contributed by atoms with Crippen molar-refractivity contribution < 1.29 is 19.0 Å². The predicted molar refractivity (Wildman–Crippen MR) is 134 cm³/mol. The highest BCUT2D eigenvalue weighted by Crippen LogP contribution is 2.40. The van der Waals surface area contributed by atoms with Crippen LogP contribution >= 0.6 is 22.7 Å². The maximum atomic E-state index is 13.7. The average Bonchev–Trinajstić information content (AvgIpc) is 3.35. The van der Waals surface area contributed by atoms with E-state index >= 15 is 0 Å². The molecular formula is C25H26N2O5S2. The molecule has 1 aliphatic heterocycles. The maximum Gasteiger partial charge on any atom is 0.338 e. The van der Waals surface area contributed by atoms with Crippen molar-refractivity contribution in [1.82, 2.24) is 4.57 Å². The fourth-order valence-electron chi connectivity index (χ4n) is 3.94. The van der Waals surface area contributed by atoms with Crippen molar-refractivity contribution >= 4 is 34.7 Å².